The maximum Gasteiger partial charge on any atom is 0.0340 e. The van der Waals surface area contributed by atoms with Crippen molar-refractivity contribution in [2.45, 2.75) is 5.75 Å². The first-order valence-electron chi connectivity index (χ1n) is 5.86. The van der Waals surface area contributed by atoms with E-state index < -0.39 is 0 Å². The minimum Gasteiger partial charge on any atom is -0.384 e. The van der Waals surface area contributed by atoms with Crippen LogP contribution in [0.25, 0.3) is 0 Å². The highest BCUT2D eigenvalue weighted by Gasteiger charge is 1.93. The monoisotopic (exact) mass is 243 g/mol. The Morgan fingerprint density at radius 3 is 2.18 bits per heavy atom. The van der Waals surface area contributed by atoms with E-state index in [4.69, 9.17) is 0 Å². The van der Waals surface area contributed by atoms with Crippen LogP contribution in [-0.2, 0) is 5.75 Å². The van der Waals surface area contributed by atoms with Gasteiger partial charge in [-0.05, 0) is 17.7 Å². The van der Waals surface area contributed by atoms with Crippen molar-refractivity contribution in [3.05, 3.63) is 66.2 Å². The predicted octanol–water partition coefficient (Wildman–Crippen LogP) is 4.03. The van der Waals surface area contributed by atoms with Gasteiger partial charge in [0.1, 0.15) is 0 Å². The van der Waals surface area contributed by atoms with Gasteiger partial charge in [0.2, 0.25) is 0 Å². The molecule has 0 radical (unpaired) electrons. The molecule has 2 rings (SSSR count). The Bertz CT molecular complexity index is 372. The summed E-state index contributed by atoms with van der Waals surface area (Å²) in [6.07, 6.45) is 0. The fourth-order valence-electron chi connectivity index (χ4n) is 1.59. The summed E-state index contributed by atoms with van der Waals surface area (Å²) in [6.45, 7) is 1.02. The van der Waals surface area contributed by atoms with Crippen molar-refractivity contribution < 1.29 is 0 Å². The van der Waals surface area contributed by atoms with Gasteiger partial charge in [0.05, 0.1) is 0 Å². The van der Waals surface area contributed by atoms with Crippen LogP contribution in [0.15, 0.2) is 60.7 Å². The molecule has 0 saturated carbocycles. The molecule has 2 aromatic rings. The zero-order valence-electron chi connectivity index (χ0n) is 9.80. The lowest BCUT2D eigenvalue weighted by Gasteiger charge is -2.05. The van der Waals surface area contributed by atoms with Gasteiger partial charge in [0.25, 0.3) is 0 Å². The normalized spacial score (nSPS) is 10.1. The van der Waals surface area contributed by atoms with E-state index in [2.05, 4.69) is 59.9 Å². The van der Waals surface area contributed by atoms with E-state index in [-0.39, 0.29) is 0 Å². The molecule has 0 aliphatic heterocycles. The van der Waals surface area contributed by atoms with Crippen LogP contribution in [-0.4, -0.2) is 12.3 Å². The Morgan fingerprint density at radius 2 is 1.47 bits per heavy atom. The molecule has 0 fully saturated rings. The molecule has 1 nitrogen and oxygen atoms in total. The standard InChI is InChI=1S/C15H17NS/c1-3-7-14(8-4-1)13-17-12-11-16-15-9-5-2-6-10-15/h1-10,16H,11-13H2. The molecule has 0 atom stereocenters. The third-order valence-corrected chi connectivity index (χ3v) is 3.49. The summed E-state index contributed by atoms with van der Waals surface area (Å²) in [5.74, 6) is 2.22. The summed E-state index contributed by atoms with van der Waals surface area (Å²) >= 11 is 1.96. The highest BCUT2D eigenvalue weighted by Crippen LogP contribution is 2.12. The second kappa shape index (κ2) is 7.02. The van der Waals surface area contributed by atoms with Gasteiger partial charge in [-0.1, -0.05) is 48.5 Å². The van der Waals surface area contributed by atoms with Crippen molar-refractivity contribution >= 4 is 17.4 Å². The molecule has 0 amide bonds. The summed E-state index contributed by atoms with van der Waals surface area (Å²) < 4.78 is 0. The number of benzene rings is 2. The highest BCUT2D eigenvalue weighted by atomic mass is 32.2. The quantitative estimate of drug-likeness (QED) is 0.769. The van der Waals surface area contributed by atoms with Gasteiger partial charge in [0, 0.05) is 23.7 Å². The van der Waals surface area contributed by atoms with E-state index in [0.717, 1.165) is 18.1 Å². The minimum atomic E-state index is 1.02. The maximum absolute atomic E-state index is 3.41. The van der Waals surface area contributed by atoms with Gasteiger partial charge in [-0.3, -0.25) is 0 Å². The van der Waals surface area contributed by atoms with E-state index in [0.29, 0.717) is 0 Å². The number of rotatable bonds is 6. The molecule has 0 spiro atoms. The molecule has 0 heterocycles. The number of anilines is 1. The summed E-state index contributed by atoms with van der Waals surface area (Å²) in [5.41, 5.74) is 2.60. The fraction of sp³-hybridized carbons (Fsp3) is 0.200. The van der Waals surface area contributed by atoms with Gasteiger partial charge in [-0.2, -0.15) is 11.8 Å². The molecule has 0 saturated heterocycles. The molecular formula is C15H17NS. The first kappa shape index (κ1) is 12.1. The Labute approximate surface area is 107 Å². The molecule has 0 aliphatic carbocycles. The van der Waals surface area contributed by atoms with Crippen molar-refractivity contribution in [3.63, 3.8) is 0 Å². The zero-order valence-corrected chi connectivity index (χ0v) is 10.6. The Kier molecular flexibility index (Phi) is 4.98. The van der Waals surface area contributed by atoms with Gasteiger partial charge < -0.3 is 5.32 Å². The van der Waals surface area contributed by atoms with Crippen molar-refractivity contribution in [2.24, 2.45) is 0 Å². The topological polar surface area (TPSA) is 12.0 Å². The zero-order chi connectivity index (χ0) is 11.8. The molecule has 2 aromatic carbocycles. The van der Waals surface area contributed by atoms with Gasteiger partial charge in [-0.25, -0.2) is 0 Å². The Balaban J connectivity index is 1.61. The molecule has 0 bridgehead atoms. The SMILES string of the molecule is c1ccc(CSCCNc2ccccc2)cc1. The lowest BCUT2D eigenvalue weighted by Crippen LogP contribution is -2.03. The molecule has 17 heavy (non-hydrogen) atoms. The average Bonchev–Trinajstić information content (AvgIpc) is 2.41. The van der Waals surface area contributed by atoms with Gasteiger partial charge >= 0.3 is 0 Å². The van der Waals surface area contributed by atoms with E-state index in [1.807, 2.05) is 17.8 Å². The molecule has 1 N–H and O–H groups in total. The van der Waals surface area contributed by atoms with Crippen molar-refractivity contribution in [1.29, 1.82) is 0 Å². The third kappa shape index (κ3) is 4.53. The third-order valence-electron chi connectivity index (χ3n) is 2.46. The number of hydrogen-bond donors (Lipinski definition) is 1. The number of thioether (sulfide) groups is 1. The fourth-order valence-corrected chi connectivity index (χ4v) is 2.41. The largest absolute Gasteiger partial charge is 0.384 e. The van der Waals surface area contributed by atoms with Crippen molar-refractivity contribution in [2.75, 3.05) is 17.6 Å². The van der Waals surface area contributed by atoms with Crippen molar-refractivity contribution in [3.8, 4) is 0 Å². The number of hydrogen-bond acceptors (Lipinski definition) is 2. The van der Waals surface area contributed by atoms with Gasteiger partial charge in [-0.15, -0.1) is 0 Å². The van der Waals surface area contributed by atoms with Crippen LogP contribution in [0, 0.1) is 0 Å². The van der Waals surface area contributed by atoms with E-state index in [1.165, 1.54) is 11.3 Å². The molecule has 88 valence electrons. The van der Waals surface area contributed by atoms with E-state index in [9.17, 15) is 0 Å². The summed E-state index contributed by atoms with van der Waals surface area (Å²) in [4.78, 5) is 0. The summed E-state index contributed by atoms with van der Waals surface area (Å²) in [7, 11) is 0. The van der Waals surface area contributed by atoms with E-state index >= 15 is 0 Å². The highest BCUT2D eigenvalue weighted by molar-refractivity contribution is 7.98. The van der Waals surface area contributed by atoms with Crippen LogP contribution in [0.4, 0.5) is 5.69 Å². The van der Waals surface area contributed by atoms with Crippen LogP contribution in [0.1, 0.15) is 5.56 Å². The van der Waals surface area contributed by atoms with Crippen molar-refractivity contribution in [1.82, 2.24) is 0 Å². The lowest BCUT2D eigenvalue weighted by atomic mass is 10.2. The first-order valence-corrected chi connectivity index (χ1v) is 7.01. The maximum atomic E-state index is 3.41. The molecule has 0 aromatic heterocycles. The van der Waals surface area contributed by atoms with Gasteiger partial charge in [0.15, 0.2) is 0 Å². The second-order valence-corrected chi connectivity index (χ2v) is 4.94. The van der Waals surface area contributed by atoms with E-state index in [1.54, 1.807) is 0 Å². The van der Waals surface area contributed by atoms with Crippen LogP contribution in [0.3, 0.4) is 0 Å². The average molecular weight is 243 g/mol. The predicted molar refractivity (Wildman–Crippen MR) is 77.5 cm³/mol. The van der Waals surface area contributed by atoms with Crippen LogP contribution in [0.2, 0.25) is 0 Å². The van der Waals surface area contributed by atoms with Crippen LogP contribution >= 0.6 is 11.8 Å². The molecule has 0 unspecified atom stereocenters. The number of nitrogens with one attached hydrogen (secondary N) is 1. The second-order valence-electron chi connectivity index (χ2n) is 3.83. The minimum absolute atomic E-state index is 1.02. The van der Waals surface area contributed by atoms with Crippen LogP contribution in [0.5, 0.6) is 0 Å². The smallest absolute Gasteiger partial charge is 0.0340 e. The molecular weight excluding hydrogens is 226 g/mol. The summed E-state index contributed by atoms with van der Waals surface area (Å²) in [5, 5.41) is 3.41. The first-order chi connectivity index (χ1) is 8.45. The Morgan fingerprint density at radius 1 is 0.824 bits per heavy atom. The number of para-hydroxylation sites is 1. The Hall–Kier alpha value is -1.41. The lowest BCUT2D eigenvalue weighted by molar-refractivity contribution is 1.22. The van der Waals surface area contributed by atoms with Crippen LogP contribution < -0.4 is 5.32 Å². The summed E-state index contributed by atoms with van der Waals surface area (Å²) in [6, 6.07) is 21.0. The molecule has 0 aliphatic rings. The molecule has 2 heteroatoms.